The van der Waals surface area contributed by atoms with Crippen molar-refractivity contribution in [2.45, 2.75) is 63.2 Å². The molecule has 0 saturated heterocycles. The van der Waals surface area contributed by atoms with Crippen LogP contribution in [-0.2, 0) is 9.47 Å². The number of aromatic nitrogens is 1. The molecule has 0 bridgehead atoms. The molecule has 1 rings (SSSR count). The molecule has 0 spiro atoms. The standard InChI is InChI=1S/C17H27N2O4S.Po/c1-7-22-15(20)13-10-24-14(18-13)9-8-12(11(2)3)19-16(21)23-17(4,5)6;/h9-12H,7-8H2,1-6H3,(H,19,21);/t12-;/m1./s1. The van der Waals surface area contributed by atoms with E-state index in [0.717, 1.165) is 11.4 Å². The van der Waals surface area contributed by atoms with Gasteiger partial charge in [0, 0.05) is 0 Å². The molecule has 2 atom stereocenters. The van der Waals surface area contributed by atoms with E-state index < -0.39 is 11.7 Å². The zero-order valence-electron chi connectivity index (χ0n) is 15.6. The summed E-state index contributed by atoms with van der Waals surface area (Å²) >= 11 is 2.80. The molecule has 1 amide bonds. The Hall–Kier alpha value is -0.734. The second-order valence-corrected chi connectivity index (χ2v) is 10.1. The van der Waals surface area contributed by atoms with E-state index in [-0.39, 0.29) is 21.5 Å². The van der Waals surface area contributed by atoms with Gasteiger partial charge in [-0.2, -0.15) is 0 Å². The summed E-state index contributed by atoms with van der Waals surface area (Å²) in [7, 11) is 0. The Kier molecular flexibility index (Phi) is 8.77. The van der Waals surface area contributed by atoms with Crippen molar-refractivity contribution < 1.29 is 19.1 Å². The summed E-state index contributed by atoms with van der Waals surface area (Å²) in [6, 6.07) is -0.0210. The van der Waals surface area contributed by atoms with Crippen molar-refractivity contribution in [3.05, 3.63) is 16.1 Å². The van der Waals surface area contributed by atoms with Crippen molar-refractivity contribution in [1.82, 2.24) is 10.3 Å². The topological polar surface area (TPSA) is 77.5 Å². The number of rotatable bonds is 7. The summed E-state index contributed by atoms with van der Waals surface area (Å²) in [6.07, 6.45) is 0.349. The fourth-order valence-corrected chi connectivity index (χ4v) is 4.46. The van der Waals surface area contributed by atoms with Crippen molar-refractivity contribution in [3.8, 4) is 0 Å². The zero-order chi connectivity index (χ0) is 19.2. The summed E-state index contributed by atoms with van der Waals surface area (Å²) in [4.78, 5) is 28.2. The van der Waals surface area contributed by atoms with Gasteiger partial charge in [0.1, 0.15) is 0 Å². The third kappa shape index (κ3) is 8.00. The Morgan fingerprint density at radius 1 is 1.36 bits per heavy atom. The molecule has 0 aliphatic rings. The Morgan fingerprint density at radius 3 is 2.52 bits per heavy atom. The van der Waals surface area contributed by atoms with E-state index in [1.807, 2.05) is 20.8 Å². The normalized spacial score (nSPS) is 14.1. The fraction of sp³-hybridized carbons (Fsp3) is 0.706. The molecular formula is C17H27N2O4PoS. The molecule has 0 aromatic carbocycles. The number of ether oxygens (including phenoxy) is 2. The number of carbonyl (C=O) groups is 2. The molecule has 1 aromatic heterocycles. The fourth-order valence-electron chi connectivity index (χ4n) is 2.02. The molecule has 1 radical (unpaired) electrons. The molecular weight excluding hydrogens is 537 g/mol. The summed E-state index contributed by atoms with van der Waals surface area (Å²) in [5, 5.41) is 5.59. The minimum atomic E-state index is -0.522. The van der Waals surface area contributed by atoms with E-state index in [9.17, 15) is 9.59 Å². The van der Waals surface area contributed by atoms with Gasteiger partial charge in [0.2, 0.25) is 0 Å². The average molecular weight is 564 g/mol. The van der Waals surface area contributed by atoms with Gasteiger partial charge in [-0.3, -0.25) is 0 Å². The SMILES string of the molecule is CCOC(=O)c1csc([C@H]([Po])C[C@@H](NC(=O)OC(C)(C)C)C(C)C)n1. The second kappa shape index (κ2) is 9.82. The Morgan fingerprint density at radius 2 is 2.00 bits per heavy atom. The van der Waals surface area contributed by atoms with Crippen molar-refractivity contribution >= 4 is 48.5 Å². The molecule has 0 saturated carbocycles. The average Bonchev–Trinajstić information content (AvgIpc) is 2.94. The summed E-state index contributed by atoms with van der Waals surface area (Å²) in [5.74, 6) is -0.127. The number of carbonyl (C=O) groups excluding carboxylic acids is 2. The molecule has 141 valence electrons. The predicted octanol–water partition coefficient (Wildman–Crippen LogP) is 3.47. The van der Waals surface area contributed by atoms with Crippen LogP contribution in [0.2, 0.25) is 0 Å². The van der Waals surface area contributed by atoms with Crippen molar-refractivity contribution in [1.29, 1.82) is 0 Å². The maximum absolute atomic E-state index is 12.1. The predicted molar refractivity (Wildman–Crippen MR) is 99.2 cm³/mol. The second-order valence-electron chi connectivity index (χ2n) is 7.01. The number of thiazole rings is 1. The van der Waals surface area contributed by atoms with Gasteiger partial charge in [0.25, 0.3) is 0 Å². The van der Waals surface area contributed by atoms with Gasteiger partial charge in [-0.25, -0.2) is 0 Å². The van der Waals surface area contributed by atoms with E-state index in [2.05, 4.69) is 24.1 Å². The quantitative estimate of drug-likeness (QED) is 0.514. The van der Waals surface area contributed by atoms with Crippen LogP contribution in [0.4, 0.5) is 4.79 Å². The van der Waals surface area contributed by atoms with Crippen molar-refractivity contribution in [2.24, 2.45) is 5.92 Å². The number of nitrogens with zero attached hydrogens (tertiary/aromatic N) is 1. The molecule has 6 nitrogen and oxygen atoms in total. The van der Waals surface area contributed by atoms with E-state index in [4.69, 9.17) is 9.47 Å². The van der Waals surface area contributed by atoms with Crippen molar-refractivity contribution in [3.63, 3.8) is 0 Å². The van der Waals surface area contributed by atoms with Crippen LogP contribution in [-0.4, -0.2) is 60.4 Å². The third-order valence-corrected chi connectivity index (χ3v) is 6.47. The number of hydrogen-bond donors (Lipinski definition) is 1. The Bertz CT molecular complexity index is 583. The van der Waals surface area contributed by atoms with Crippen LogP contribution < -0.4 is 5.32 Å². The van der Waals surface area contributed by atoms with Gasteiger partial charge in [-0.15, -0.1) is 0 Å². The molecule has 25 heavy (non-hydrogen) atoms. The summed E-state index contributed by atoms with van der Waals surface area (Å²) in [6.45, 7) is 11.8. The van der Waals surface area contributed by atoms with Crippen LogP contribution in [0.1, 0.15) is 67.0 Å². The maximum atomic E-state index is 12.1. The van der Waals surface area contributed by atoms with Gasteiger partial charge < -0.3 is 0 Å². The van der Waals surface area contributed by atoms with Crippen LogP contribution in [0.15, 0.2) is 5.38 Å². The van der Waals surface area contributed by atoms with Gasteiger partial charge in [-0.05, 0) is 0 Å². The number of amides is 1. The molecule has 0 unspecified atom stereocenters. The zero-order valence-corrected chi connectivity index (χ0v) is 19.6. The minimum absolute atomic E-state index is 0.0210. The third-order valence-electron chi connectivity index (χ3n) is 3.26. The van der Waals surface area contributed by atoms with Gasteiger partial charge in [0.15, 0.2) is 0 Å². The van der Waals surface area contributed by atoms with E-state index in [1.54, 1.807) is 12.3 Å². The molecule has 1 heterocycles. The first kappa shape index (κ1) is 22.3. The molecule has 0 aliphatic heterocycles. The Balaban J connectivity index is 2.72. The van der Waals surface area contributed by atoms with Crippen LogP contribution in [0.3, 0.4) is 0 Å². The van der Waals surface area contributed by atoms with E-state index >= 15 is 0 Å². The van der Waals surface area contributed by atoms with Gasteiger partial charge in [0.05, 0.1) is 0 Å². The summed E-state index contributed by atoms with van der Waals surface area (Å²) in [5.41, 5.74) is -0.166. The number of nitrogens with one attached hydrogen (secondary N) is 1. The van der Waals surface area contributed by atoms with Crippen LogP contribution >= 0.6 is 11.3 Å². The van der Waals surface area contributed by atoms with Crippen LogP contribution in [0, 0.1) is 5.92 Å². The Labute approximate surface area is 169 Å². The summed E-state index contributed by atoms with van der Waals surface area (Å²) < 4.78 is 10.5. The van der Waals surface area contributed by atoms with Crippen LogP contribution in [0.25, 0.3) is 0 Å². The first-order chi connectivity index (χ1) is 11.5. The first-order valence-corrected chi connectivity index (χ1v) is 11.0. The van der Waals surface area contributed by atoms with Crippen molar-refractivity contribution in [2.75, 3.05) is 6.61 Å². The van der Waals surface area contributed by atoms with Gasteiger partial charge in [-0.1, -0.05) is 0 Å². The first-order valence-electron chi connectivity index (χ1n) is 8.31. The van der Waals surface area contributed by atoms with E-state index in [1.165, 1.54) is 36.4 Å². The van der Waals surface area contributed by atoms with Gasteiger partial charge >= 0.3 is 170 Å². The molecule has 0 fully saturated rings. The van der Waals surface area contributed by atoms with E-state index in [0.29, 0.717) is 12.3 Å². The number of hydrogen-bond acceptors (Lipinski definition) is 6. The number of esters is 1. The molecule has 1 N–H and O–H groups in total. The molecule has 8 heteroatoms. The monoisotopic (exact) mass is 564 g/mol. The van der Waals surface area contributed by atoms with Crippen LogP contribution in [0.5, 0.6) is 0 Å². The number of alkyl carbamates (subject to hydrolysis) is 1. The molecule has 0 aliphatic carbocycles. The molecule has 1 aromatic rings.